The molecule has 0 radical (unpaired) electrons. The van der Waals surface area contributed by atoms with Crippen molar-refractivity contribution in [2.45, 2.75) is 280 Å². The van der Waals surface area contributed by atoms with Crippen LogP contribution in [-0.2, 0) is 67.4 Å². The minimum absolute atomic E-state index is 0. The Morgan fingerprint density at radius 3 is 1.37 bits per heavy atom. The zero-order valence-electron chi connectivity index (χ0n) is 53.9. The van der Waals surface area contributed by atoms with Crippen LogP contribution in [0.4, 0.5) is 0 Å². The van der Waals surface area contributed by atoms with Gasteiger partial charge in [-0.15, -0.1) is 0 Å². The fourth-order valence-corrected chi connectivity index (χ4v) is 19.6. The average molecular weight is 1560 g/mol. The minimum Gasteiger partial charge on any atom is -0.870 e. The van der Waals surface area contributed by atoms with Gasteiger partial charge in [0.2, 0.25) is 0 Å². The molecule has 0 aliphatic heterocycles. The molecule has 8 fully saturated rings. The van der Waals surface area contributed by atoms with Crippen LogP contribution < -0.4 is 51.4 Å². The van der Waals surface area contributed by atoms with Gasteiger partial charge in [-0.05, 0) is 176 Å². The fraction of sp³-hybridized carbons (Fsp3) is 0.871. The topological polar surface area (TPSA) is 177 Å². The molecule has 10 unspecified atom stereocenters. The summed E-state index contributed by atoms with van der Waals surface area (Å²) in [6.07, 6.45) is 47.9. The van der Waals surface area contributed by atoms with E-state index in [2.05, 4.69) is 127 Å². The molecule has 12 heteroatoms. The van der Waals surface area contributed by atoms with Crippen LogP contribution in [0.15, 0.2) is 23.3 Å². The van der Waals surface area contributed by atoms with E-state index in [1.807, 2.05) is 5.57 Å². The van der Waals surface area contributed by atoms with Crippen molar-refractivity contribution in [2.75, 3.05) is 0 Å². The molecule has 0 aromatic rings. The molecule has 0 saturated heterocycles. The predicted octanol–water partition coefficient (Wildman–Crippen LogP) is 16.5. The maximum atomic E-state index is 10.2. The molecular formula is C70H120KN4O3Pt2S2-7. The SMILES string of the molecule is CC(C)CCC[C@@H](C)[C@H]1CCC2C3CC=C4C[C@@H](O)CC[C@]4(C)C3CC[C@@]21C.CC(C)CCC[C@@H](C)[C@H]1CCC2C3CC=C4C[CH-]CC[C@]4(C)C3CC[C@@]21C.N#C[S-].N#C[S-].O.[CH2-]C1CCCCC1[NH-].[CH2-]C1CCCCC1[NH-].[K+].[OH-].[Pt].[Pt]. The Hall–Kier alpha value is 1.71. The van der Waals surface area contributed by atoms with Gasteiger partial charge in [0.05, 0.1) is 6.10 Å². The molecule has 478 valence electrons. The fourth-order valence-electron chi connectivity index (χ4n) is 19.6. The molecule has 10 aliphatic rings. The first-order valence-corrected chi connectivity index (χ1v) is 33.4. The Labute approximate surface area is 589 Å². The number of nitrogens with one attached hydrogen (secondary N) is 2. The third-order valence-corrected chi connectivity index (χ3v) is 24.2. The number of nitrogens with zero attached hydrogens (tertiary/aromatic N) is 2. The summed E-state index contributed by atoms with van der Waals surface area (Å²) in [7, 11) is 0. The summed E-state index contributed by atoms with van der Waals surface area (Å²) in [5.74, 6) is 12.1. The summed E-state index contributed by atoms with van der Waals surface area (Å²) in [6.45, 7) is 33.1. The van der Waals surface area contributed by atoms with Crippen LogP contribution in [0.2, 0.25) is 0 Å². The largest absolute Gasteiger partial charge is 1.00 e. The van der Waals surface area contributed by atoms with Gasteiger partial charge < -0.3 is 73.1 Å². The smallest absolute Gasteiger partial charge is 0.870 e. The van der Waals surface area contributed by atoms with Gasteiger partial charge in [-0.25, -0.2) is 10.5 Å². The van der Waals surface area contributed by atoms with E-state index in [9.17, 15) is 5.11 Å². The van der Waals surface area contributed by atoms with Gasteiger partial charge in [0.25, 0.3) is 0 Å². The molecule has 10 aliphatic carbocycles. The first kappa shape index (κ1) is 83.7. The van der Waals surface area contributed by atoms with Gasteiger partial charge in [0.1, 0.15) is 0 Å². The monoisotopic (exact) mass is 1560 g/mol. The Bertz CT molecular complexity index is 1880. The van der Waals surface area contributed by atoms with Gasteiger partial charge in [0, 0.05) is 42.1 Å². The zero-order valence-corrected chi connectivity index (χ0v) is 63.2. The van der Waals surface area contributed by atoms with Crippen molar-refractivity contribution < 1.29 is 110 Å². The third-order valence-electron chi connectivity index (χ3n) is 24.2. The summed E-state index contributed by atoms with van der Waals surface area (Å²) >= 11 is 7.40. The Morgan fingerprint density at radius 2 is 0.988 bits per heavy atom. The van der Waals surface area contributed by atoms with Crippen molar-refractivity contribution in [3.63, 3.8) is 0 Å². The molecule has 19 atom stereocenters. The van der Waals surface area contributed by atoms with Gasteiger partial charge in [-0.1, -0.05) is 200 Å². The van der Waals surface area contributed by atoms with Crippen LogP contribution in [0.1, 0.15) is 262 Å². The first-order valence-electron chi connectivity index (χ1n) is 32.6. The molecule has 82 heavy (non-hydrogen) atoms. The number of thiocyanates is 2. The van der Waals surface area contributed by atoms with E-state index in [4.69, 9.17) is 22.0 Å². The summed E-state index contributed by atoms with van der Waals surface area (Å²) in [5.41, 5.74) is 20.4. The number of aliphatic hydroxyl groups excluding tert-OH is 1. The molecule has 10 rings (SSSR count). The average Bonchev–Trinajstić information content (AvgIpc) is 4.07. The minimum atomic E-state index is -0.0766. The predicted molar refractivity (Wildman–Crippen MR) is 339 cm³/mol. The number of nitriles is 2. The van der Waals surface area contributed by atoms with Crippen molar-refractivity contribution in [2.24, 2.45) is 105 Å². The second-order valence-corrected chi connectivity index (χ2v) is 29.9. The van der Waals surface area contributed by atoms with Crippen LogP contribution in [0.3, 0.4) is 0 Å². The van der Waals surface area contributed by atoms with E-state index in [0.717, 1.165) is 96.7 Å². The number of allylic oxidation sites excluding steroid dienone is 3. The van der Waals surface area contributed by atoms with E-state index in [1.54, 1.807) is 5.57 Å². The van der Waals surface area contributed by atoms with Gasteiger partial charge >= 0.3 is 51.4 Å². The van der Waals surface area contributed by atoms with Crippen LogP contribution >= 0.6 is 0 Å². The third kappa shape index (κ3) is 21.4. The van der Waals surface area contributed by atoms with Crippen LogP contribution in [-0.4, -0.2) is 34.2 Å². The van der Waals surface area contributed by atoms with Gasteiger partial charge in [0.15, 0.2) is 0 Å². The molecular weight excluding hydrogens is 1440 g/mol. The van der Waals surface area contributed by atoms with Crippen LogP contribution in [0, 0.1) is 146 Å². The number of aliphatic hydroxyl groups is 1. The number of rotatable bonds is 10. The second kappa shape index (κ2) is 39.9. The Balaban J connectivity index is 0.00000112. The van der Waals surface area contributed by atoms with E-state index in [1.165, 1.54) is 178 Å². The normalized spacial score (nSPS) is 38.6. The second-order valence-electron chi connectivity index (χ2n) is 29.5. The zero-order chi connectivity index (χ0) is 56.7. The van der Waals surface area contributed by atoms with E-state index in [0.29, 0.717) is 33.5 Å². The first-order chi connectivity index (χ1) is 36.6. The summed E-state index contributed by atoms with van der Waals surface area (Å²) < 4.78 is 0. The standard InChI is InChI=1S/C27H46O.C27H45.2C7H13N.2CHNS.K.2H2O.2Pt/c1-18(2)7-6-8-19(3)23-11-12-24-22-10-9-20-17-21(28)13-15-26(20,4)25(22)14-16-27(23,24)5;1-19(2)9-8-10-20(3)23-14-15-24-22-13-12-21-11-6-7-17-26(21,4)25(22)16-18-27(23,24)5;2*1-6-4-2-3-5-7(6)8;2*2-1-3;;;;;/h9,18-19,21-25,28H,6-8,10-17H2,1-5H3;6,12,19-20,22-25H,7-11,13-18H2,1-5H3;2*6-8H,1-5H2;2*3H;;2*1H2;;/q;-1;2*-2;;;+1;;;;/p-3/t19-,21+,22?,23-,24?,25?,26+,27-;20-,22?,23-,24?,25?,26+,27-;;;;;;;;;/m11........./s1. The van der Waals surface area contributed by atoms with Crippen molar-refractivity contribution >= 4 is 25.3 Å². The maximum Gasteiger partial charge on any atom is 1.00 e. The molecule has 0 aromatic heterocycles. The van der Waals surface area contributed by atoms with Gasteiger partial charge in [-0.3, -0.25) is 0 Å². The van der Waals surface area contributed by atoms with E-state index < -0.39 is 0 Å². The van der Waals surface area contributed by atoms with E-state index in [-0.39, 0.29) is 123 Å². The number of hydrogen-bond acceptors (Lipinski definition) is 6. The molecule has 0 heterocycles. The van der Waals surface area contributed by atoms with E-state index >= 15 is 0 Å². The number of hydrogen-bond donors (Lipinski definition) is 1. The molecule has 0 bridgehead atoms. The van der Waals surface area contributed by atoms with Crippen molar-refractivity contribution in [1.82, 2.24) is 0 Å². The molecule has 0 aromatic carbocycles. The molecule has 0 amide bonds. The molecule has 8 saturated carbocycles. The molecule has 0 spiro atoms. The summed E-state index contributed by atoms with van der Waals surface area (Å²) in [4.78, 5) is 0. The number of fused-ring (bicyclic) bond motifs is 10. The molecule has 7 nitrogen and oxygen atoms in total. The van der Waals surface area contributed by atoms with Gasteiger partial charge in [-0.2, -0.15) is 36.8 Å². The molecule has 6 N–H and O–H groups in total. The Morgan fingerprint density at radius 1 is 0.598 bits per heavy atom. The van der Waals surface area contributed by atoms with Crippen molar-refractivity contribution in [3.8, 4) is 10.8 Å². The van der Waals surface area contributed by atoms with Crippen molar-refractivity contribution in [3.05, 3.63) is 55.0 Å². The summed E-state index contributed by atoms with van der Waals surface area (Å²) in [5, 5.41) is 27.1. The quantitative estimate of drug-likeness (QED) is 0.0748. The van der Waals surface area contributed by atoms with Crippen LogP contribution in [0.25, 0.3) is 11.5 Å². The van der Waals surface area contributed by atoms with Crippen molar-refractivity contribution in [1.29, 1.82) is 10.5 Å². The van der Waals surface area contributed by atoms with Crippen LogP contribution in [0.5, 0.6) is 0 Å². The Kier molecular flexibility index (Phi) is 40.7. The summed E-state index contributed by atoms with van der Waals surface area (Å²) in [6, 6.07) is 0.285. The maximum absolute atomic E-state index is 10.2.